The van der Waals surface area contributed by atoms with Gasteiger partial charge in [-0.05, 0) is 12.8 Å². The van der Waals surface area contributed by atoms with Crippen molar-refractivity contribution in [2.45, 2.75) is 24.8 Å². The number of carbonyl (C=O) groups excluding carboxylic acids is 1. The lowest BCUT2D eigenvalue weighted by Gasteiger charge is -2.22. The van der Waals surface area contributed by atoms with Crippen molar-refractivity contribution >= 4 is 13.6 Å². The van der Waals surface area contributed by atoms with Crippen LogP contribution in [0, 0.1) is 0 Å². The molecule has 7 nitrogen and oxygen atoms in total. The van der Waals surface area contributed by atoms with E-state index in [4.69, 9.17) is 18.5 Å². The van der Waals surface area contributed by atoms with Crippen molar-refractivity contribution < 1.29 is 32.6 Å². The minimum atomic E-state index is -3.51. The van der Waals surface area contributed by atoms with Crippen LogP contribution in [0.1, 0.15) is 12.8 Å². The molecular formula is C10H19O7P. The number of carbonyl (C=O) groups is 1. The van der Waals surface area contributed by atoms with Gasteiger partial charge >= 0.3 is 13.6 Å². The van der Waals surface area contributed by atoms with Gasteiger partial charge in [0.15, 0.2) is 11.9 Å². The molecule has 1 atom stereocenters. The van der Waals surface area contributed by atoms with Gasteiger partial charge in [0.05, 0.1) is 20.3 Å². The molecule has 0 aromatic rings. The van der Waals surface area contributed by atoms with E-state index < -0.39 is 19.2 Å². The van der Waals surface area contributed by atoms with Crippen molar-refractivity contribution in [3.8, 4) is 0 Å². The van der Waals surface area contributed by atoms with Crippen LogP contribution in [0.3, 0.4) is 0 Å². The molecule has 1 unspecified atom stereocenters. The smallest absolute Gasteiger partial charge is 0.344 e. The molecule has 1 aliphatic heterocycles. The van der Waals surface area contributed by atoms with Crippen LogP contribution in [0.15, 0.2) is 0 Å². The predicted octanol–water partition coefficient (Wildman–Crippen LogP) is 1.17. The lowest BCUT2D eigenvalue weighted by atomic mass is 10.2. The maximum absolute atomic E-state index is 12.2. The van der Waals surface area contributed by atoms with E-state index in [9.17, 15) is 9.36 Å². The molecule has 8 heteroatoms. The minimum absolute atomic E-state index is 0.246. The zero-order valence-corrected chi connectivity index (χ0v) is 11.7. The van der Waals surface area contributed by atoms with Gasteiger partial charge < -0.3 is 23.3 Å². The molecule has 0 radical (unpaired) electrons. The average Bonchev–Trinajstić information content (AvgIpc) is 2.91. The Balaban J connectivity index is 2.65. The Morgan fingerprint density at radius 2 is 1.83 bits per heavy atom. The summed E-state index contributed by atoms with van der Waals surface area (Å²) in [7, 11) is 0.201. The first-order valence-corrected chi connectivity index (χ1v) is 7.20. The molecule has 0 aromatic carbocycles. The predicted molar refractivity (Wildman–Crippen MR) is 62.4 cm³/mol. The highest BCUT2D eigenvalue weighted by molar-refractivity contribution is 7.55. The normalized spacial score (nSPS) is 18.8. The second-order valence-electron chi connectivity index (χ2n) is 3.69. The third kappa shape index (κ3) is 3.76. The highest BCUT2D eigenvalue weighted by atomic mass is 31.2. The van der Waals surface area contributed by atoms with E-state index in [1.165, 1.54) is 21.3 Å². The molecule has 1 fully saturated rings. The van der Waals surface area contributed by atoms with Crippen LogP contribution < -0.4 is 0 Å². The standard InChI is InChI=1S/C10H19O7P/c1-13-10(11)8(18(12,14-2)15-3)4-5-9-16-6-7-17-9/h8-9H,4-7H2,1-3H3. The van der Waals surface area contributed by atoms with E-state index in [0.717, 1.165) is 0 Å². The summed E-state index contributed by atoms with van der Waals surface area (Å²) in [4.78, 5) is 11.6. The molecular weight excluding hydrogens is 263 g/mol. The average molecular weight is 282 g/mol. The quantitative estimate of drug-likeness (QED) is 0.512. The third-order valence-electron chi connectivity index (χ3n) is 2.73. The number of hydrogen-bond acceptors (Lipinski definition) is 7. The second-order valence-corrected chi connectivity index (χ2v) is 6.13. The minimum Gasteiger partial charge on any atom is -0.468 e. The maximum Gasteiger partial charge on any atom is 0.344 e. The van der Waals surface area contributed by atoms with Crippen molar-refractivity contribution in [2.24, 2.45) is 0 Å². The molecule has 18 heavy (non-hydrogen) atoms. The van der Waals surface area contributed by atoms with Crippen molar-refractivity contribution in [3.05, 3.63) is 0 Å². The van der Waals surface area contributed by atoms with E-state index in [0.29, 0.717) is 19.6 Å². The summed E-state index contributed by atoms with van der Waals surface area (Å²) in [6.07, 6.45) is 0.298. The summed E-state index contributed by atoms with van der Waals surface area (Å²) in [5.41, 5.74) is -0.967. The van der Waals surface area contributed by atoms with Gasteiger partial charge in [0.25, 0.3) is 0 Å². The summed E-state index contributed by atoms with van der Waals surface area (Å²) >= 11 is 0. The zero-order chi connectivity index (χ0) is 13.6. The fourth-order valence-electron chi connectivity index (χ4n) is 1.74. The van der Waals surface area contributed by atoms with E-state index >= 15 is 0 Å². The van der Waals surface area contributed by atoms with Crippen LogP contribution in [0.4, 0.5) is 0 Å². The first-order chi connectivity index (χ1) is 8.57. The first kappa shape index (κ1) is 15.6. The number of esters is 1. The van der Waals surface area contributed by atoms with Crippen molar-refractivity contribution in [2.75, 3.05) is 34.5 Å². The van der Waals surface area contributed by atoms with Crippen molar-refractivity contribution in [1.29, 1.82) is 0 Å². The fraction of sp³-hybridized carbons (Fsp3) is 0.900. The summed E-state index contributed by atoms with van der Waals surface area (Å²) in [6, 6.07) is 0. The summed E-state index contributed by atoms with van der Waals surface area (Å²) in [5.74, 6) is -0.625. The Morgan fingerprint density at radius 1 is 1.28 bits per heavy atom. The van der Waals surface area contributed by atoms with Crippen molar-refractivity contribution in [1.82, 2.24) is 0 Å². The van der Waals surface area contributed by atoms with E-state index in [1.54, 1.807) is 0 Å². The summed E-state index contributed by atoms with van der Waals surface area (Å²) in [5, 5.41) is 0. The molecule has 0 aromatic heterocycles. The molecule has 0 aliphatic carbocycles. The van der Waals surface area contributed by atoms with Gasteiger partial charge in [-0.25, -0.2) is 0 Å². The highest BCUT2D eigenvalue weighted by Gasteiger charge is 2.41. The molecule has 0 N–H and O–H groups in total. The monoisotopic (exact) mass is 282 g/mol. The molecule has 0 saturated carbocycles. The van der Waals surface area contributed by atoms with Crippen LogP contribution in [0.25, 0.3) is 0 Å². The van der Waals surface area contributed by atoms with Crippen LogP contribution in [-0.4, -0.2) is 52.5 Å². The molecule has 1 rings (SSSR count). The van der Waals surface area contributed by atoms with Gasteiger partial charge in [0, 0.05) is 14.2 Å². The topological polar surface area (TPSA) is 80.3 Å². The molecule has 0 amide bonds. The molecule has 1 heterocycles. The Kier molecular flexibility index (Phi) is 6.25. The number of methoxy groups -OCH3 is 1. The Hall–Kier alpha value is -0.460. The van der Waals surface area contributed by atoms with Crippen LogP contribution in [-0.2, 0) is 32.6 Å². The summed E-state index contributed by atoms with van der Waals surface area (Å²) in [6.45, 7) is 1.06. The second kappa shape index (κ2) is 7.21. The zero-order valence-electron chi connectivity index (χ0n) is 10.8. The number of ether oxygens (including phenoxy) is 3. The number of hydrogen-bond donors (Lipinski definition) is 0. The lowest BCUT2D eigenvalue weighted by molar-refractivity contribution is -0.141. The maximum atomic E-state index is 12.2. The number of rotatable bonds is 7. The molecule has 0 spiro atoms. The molecule has 1 aliphatic rings. The Bertz CT molecular complexity index is 305. The van der Waals surface area contributed by atoms with Crippen LogP contribution >= 0.6 is 7.60 Å². The molecule has 1 saturated heterocycles. The Labute approximate surface area is 106 Å². The third-order valence-corrected chi connectivity index (χ3v) is 4.98. The van der Waals surface area contributed by atoms with Crippen molar-refractivity contribution in [3.63, 3.8) is 0 Å². The Morgan fingerprint density at radius 3 is 2.28 bits per heavy atom. The van der Waals surface area contributed by atoms with E-state index in [1.807, 2.05) is 0 Å². The van der Waals surface area contributed by atoms with Gasteiger partial charge in [-0.1, -0.05) is 0 Å². The largest absolute Gasteiger partial charge is 0.468 e. The molecule has 106 valence electrons. The SMILES string of the molecule is COC(=O)C(CCC1OCCO1)P(=O)(OC)OC. The van der Waals surface area contributed by atoms with Crippen LogP contribution in [0.2, 0.25) is 0 Å². The van der Waals surface area contributed by atoms with Gasteiger partial charge in [-0.2, -0.15) is 0 Å². The first-order valence-electron chi connectivity index (χ1n) is 5.59. The fourth-order valence-corrected chi connectivity index (χ4v) is 3.22. The lowest BCUT2D eigenvalue weighted by Crippen LogP contribution is -2.25. The van der Waals surface area contributed by atoms with Gasteiger partial charge in [-0.3, -0.25) is 9.36 Å². The molecule has 0 bridgehead atoms. The van der Waals surface area contributed by atoms with Gasteiger partial charge in [-0.15, -0.1) is 0 Å². The highest BCUT2D eigenvalue weighted by Crippen LogP contribution is 2.53. The van der Waals surface area contributed by atoms with Gasteiger partial charge in [0.2, 0.25) is 0 Å². The summed E-state index contributed by atoms with van der Waals surface area (Å²) < 4.78 is 37.0. The van der Waals surface area contributed by atoms with Crippen LogP contribution in [0.5, 0.6) is 0 Å². The van der Waals surface area contributed by atoms with E-state index in [2.05, 4.69) is 4.74 Å². The van der Waals surface area contributed by atoms with Gasteiger partial charge in [0.1, 0.15) is 0 Å². The van der Waals surface area contributed by atoms with E-state index in [-0.39, 0.29) is 12.7 Å².